The van der Waals surface area contributed by atoms with Crippen LogP contribution in [0.3, 0.4) is 0 Å². The molecule has 2 heterocycles. The van der Waals surface area contributed by atoms with E-state index >= 15 is 0 Å². The van der Waals surface area contributed by atoms with Crippen LogP contribution in [0.5, 0.6) is 0 Å². The number of nitrogens with two attached hydrogens (primary N) is 1. The van der Waals surface area contributed by atoms with Gasteiger partial charge in [-0.25, -0.2) is 4.98 Å². The molecule has 0 unspecified atom stereocenters. The van der Waals surface area contributed by atoms with Gasteiger partial charge in [-0.15, -0.1) is 11.3 Å². The summed E-state index contributed by atoms with van der Waals surface area (Å²) in [5.74, 6) is 0. The average Bonchev–Trinajstić information content (AvgIpc) is 2.68. The molecule has 0 saturated carbocycles. The summed E-state index contributed by atoms with van der Waals surface area (Å²) in [4.78, 5) is 12.0. The fourth-order valence-electron chi connectivity index (χ4n) is 1.62. The van der Waals surface area contributed by atoms with Crippen molar-refractivity contribution < 1.29 is 0 Å². The molecule has 2 aromatic rings. The minimum atomic E-state index is 0.750. The van der Waals surface area contributed by atoms with Gasteiger partial charge in [0.05, 0.1) is 22.6 Å². The van der Waals surface area contributed by atoms with Crippen LogP contribution in [-0.2, 0) is 13.1 Å². The van der Waals surface area contributed by atoms with Crippen LogP contribution in [0.15, 0.2) is 23.8 Å². The van der Waals surface area contributed by atoms with Gasteiger partial charge < -0.3 is 5.73 Å². The molecular weight excluding hydrogens is 232 g/mol. The molecule has 17 heavy (non-hydrogen) atoms. The molecule has 5 heteroatoms. The minimum Gasteiger partial charge on any atom is -0.397 e. The van der Waals surface area contributed by atoms with Gasteiger partial charge in [-0.3, -0.25) is 9.88 Å². The Morgan fingerprint density at radius 2 is 2.18 bits per heavy atom. The van der Waals surface area contributed by atoms with E-state index in [-0.39, 0.29) is 0 Å². The maximum atomic E-state index is 5.87. The second-order valence-electron chi connectivity index (χ2n) is 4.07. The first-order chi connectivity index (χ1) is 8.16. The first-order valence-electron chi connectivity index (χ1n) is 5.43. The highest BCUT2D eigenvalue weighted by Crippen LogP contribution is 2.16. The second kappa shape index (κ2) is 5.25. The molecule has 0 aliphatic rings. The van der Waals surface area contributed by atoms with E-state index in [4.69, 9.17) is 5.73 Å². The number of anilines is 1. The predicted octanol–water partition coefficient (Wildman–Crippen LogP) is 2.06. The van der Waals surface area contributed by atoms with E-state index in [2.05, 4.69) is 21.9 Å². The lowest BCUT2D eigenvalue weighted by Gasteiger charge is -2.16. The summed E-state index contributed by atoms with van der Waals surface area (Å²) < 4.78 is 0. The van der Waals surface area contributed by atoms with Gasteiger partial charge in [0.15, 0.2) is 0 Å². The summed E-state index contributed by atoms with van der Waals surface area (Å²) in [5, 5.41) is 0. The van der Waals surface area contributed by atoms with Crippen molar-refractivity contribution in [3.63, 3.8) is 0 Å². The van der Waals surface area contributed by atoms with Gasteiger partial charge in [0.1, 0.15) is 0 Å². The summed E-state index contributed by atoms with van der Waals surface area (Å²) >= 11 is 1.69. The Bertz CT molecular complexity index is 495. The van der Waals surface area contributed by atoms with Crippen LogP contribution in [0.1, 0.15) is 16.3 Å². The molecular formula is C12H16N4S. The van der Waals surface area contributed by atoms with E-state index in [1.807, 2.05) is 24.6 Å². The highest BCUT2D eigenvalue weighted by Gasteiger charge is 2.08. The van der Waals surface area contributed by atoms with Crippen LogP contribution in [0.2, 0.25) is 0 Å². The normalized spacial score (nSPS) is 11.0. The SMILES string of the molecule is Cc1ncsc1CN(C)Cc1ncccc1N. The number of nitrogen functional groups attached to an aromatic ring is 1. The van der Waals surface area contributed by atoms with Crippen molar-refractivity contribution in [3.8, 4) is 0 Å². The van der Waals surface area contributed by atoms with Crippen molar-refractivity contribution >= 4 is 17.0 Å². The number of pyridine rings is 1. The van der Waals surface area contributed by atoms with E-state index in [1.165, 1.54) is 4.88 Å². The van der Waals surface area contributed by atoms with Crippen LogP contribution in [-0.4, -0.2) is 21.9 Å². The van der Waals surface area contributed by atoms with Crippen molar-refractivity contribution in [2.75, 3.05) is 12.8 Å². The van der Waals surface area contributed by atoms with Gasteiger partial charge in [-0.05, 0) is 26.1 Å². The zero-order chi connectivity index (χ0) is 12.3. The van der Waals surface area contributed by atoms with Crippen LogP contribution in [0.4, 0.5) is 5.69 Å². The van der Waals surface area contributed by atoms with Crippen LogP contribution in [0, 0.1) is 6.92 Å². The molecule has 0 spiro atoms. The summed E-state index contributed by atoms with van der Waals surface area (Å²) in [6, 6.07) is 3.74. The Kier molecular flexibility index (Phi) is 3.71. The van der Waals surface area contributed by atoms with Crippen LogP contribution >= 0.6 is 11.3 Å². The van der Waals surface area contributed by atoms with E-state index < -0.39 is 0 Å². The predicted molar refractivity (Wildman–Crippen MR) is 70.7 cm³/mol. The van der Waals surface area contributed by atoms with Gasteiger partial charge in [0.25, 0.3) is 0 Å². The molecule has 0 bridgehead atoms. The minimum absolute atomic E-state index is 0.750. The van der Waals surface area contributed by atoms with E-state index in [1.54, 1.807) is 17.5 Å². The Labute approximate surface area is 105 Å². The van der Waals surface area contributed by atoms with E-state index in [0.717, 1.165) is 30.2 Å². The number of hydrogen-bond donors (Lipinski definition) is 1. The van der Waals surface area contributed by atoms with Crippen molar-refractivity contribution in [2.24, 2.45) is 0 Å². The van der Waals surface area contributed by atoms with Crippen LogP contribution in [0.25, 0.3) is 0 Å². The third-order valence-electron chi connectivity index (χ3n) is 2.60. The number of aryl methyl sites for hydroxylation is 1. The summed E-state index contributed by atoms with van der Waals surface area (Å²) in [6.07, 6.45) is 1.78. The third-order valence-corrected chi connectivity index (χ3v) is 3.52. The van der Waals surface area contributed by atoms with Crippen LogP contribution < -0.4 is 5.73 Å². The van der Waals surface area contributed by atoms with Crippen molar-refractivity contribution in [1.29, 1.82) is 0 Å². The molecule has 0 atom stereocenters. The van der Waals surface area contributed by atoms with Gasteiger partial charge >= 0.3 is 0 Å². The molecule has 2 aromatic heterocycles. The van der Waals surface area contributed by atoms with Crippen molar-refractivity contribution in [3.05, 3.63) is 40.1 Å². The van der Waals surface area contributed by atoms with Crippen molar-refractivity contribution in [2.45, 2.75) is 20.0 Å². The molecule has 0 radical (unpaired) electrons. The smallest absolute Gasteiger partial charge is 0.0798 e. The van der Waals surface area contributed by atoms with Gasteiger partial charge in [0.2, 0.25) is 0 Å². The van der Waals surface area contributed by atoms with Gasteiger partial charge in [0, 0.05) is 24.2 Å². The lowest BCUT2D eigenvalue weighted by atomic mass is 10.3. The fraction of sp³-hybridized carbons (Fsp3) is 0.333. The largest absolute Gasteiger partial charge is 0.397 e. The molecule has 90 valence electrons. The number of nitrogens with zero attached hydrogens (tertiary/aromatic N) is 3. The lowest BCUT2D eigenvalue weighted by molar-refractivity contribution is 0.317. The monoisotopic (exact) mass is 248 g/mol. The quantitative estimate of drug-likeness (QED) is 0.900. The maximum absolute atomic E-state index is 5.87. The average molecular weight is 248 g/mol. The molecule has 2 rings (SSSR count). The lowest BCUT2D eigenvalue weighted by Crippen LogP contribution is -2.18. The zero-order valence-electron chi connectivity index (χ0n) is 10.1. The standard InChI is InChI=1S/C12H16N4S/c1-9-12(17-8-15-9)7-16(2)6-11-10(13)4-3-5-14-11/h3-5,8H,6-7,13H2,1-2H3. The van der Waals surface area contributed by atoms with Crippen molar-refractivity contribution in [1.82, 2.24) is 14.9 Å². The number of thiazole rings is 1. The topological polar surface area (TPSA) is 55.0 Å². The van der Waals surface area contributed by atoms with Gasteiger partial charge in [-0.1, -0.05) is 0 Å². The molecule has 4 nitrogen and oxygen atoms in total. The first kappa shape index (κ1) is 12.0. The Morgan fingerprint density at radius 1 is 1.35 bits per heavy atom. The Morgan fingerprint density at radius 3 is 2.82 bits per heavy atom. The molecule has 0 saturated heterocycles. The van der Waals surface area contributed by atoms with E-state index in [0.29, 0.717) is 0 Å². The molecule has 0 amide bonds. The molecule has 0 aliphatic heterocycles. The number of rotatable bonds is 4. The summed E-state index contributed by atoms with van der Waals surface area (Å²) in [6.45, 7) is 3.67. The highest BCUT2D eigenvalue weighted by atomic mass is 32.1. The maximum Gasteiger partial charge on any atom is 0.0798 e. The number of aromatic nitrogens is 2. The summed E-state index contributed by atoms with van der Waals surface area (Å²) in [7, 11) is 2.06. The zero-order valence-corrected chi connectivity index (χ0v) is 10.9. The number of hydrogen-bond acceptors (Lipinski definition) is 5. The Balaban J connectivity index is 2.01. The highest BCUT2D eigenvalue weighted by molar-refractivity contribution is 7.09. The fourth-order valence-corrected chi connectivity index (χ4v) is 2.47. The first-order valence-corrected chi connectivity index (χ1v) is 6.31. The summed E-state index contributed by atoms with van der Waals surface area (Å²) in [5.41, 5.74) is 10.5. The second-order valence-corrected chi connectivity index (χ2v) is 5.01. The molecule has 0 aromatic carbocycles. The Hall–Kier alpha value is -1.46. The molecule has 0 aliphatic carbocycles. The van der Waals surface area contributed by atoms with Gasteiger partial charge in [-0.2, -0.15) is 0 Å². The molecule has 0 fully saturated rings. The van der Waals surface area contributed by atoms with E-state index in [9.17, 15) is 0 Å². The third kappa shape index (κ3) is 3.01. The molecule has 2 N–H and O–H groups in total.